The highest BCUT2D eigenvalue weighted by molar-refractivity contribution is 6.01. The number of rotatable bonds is 3. The molecule has 1 heterocycles. The average molecular weight is 443 g/mol. The molecular formula is C26H38N2O4. The molecule has 32 heavy (non-hydrogen) atoms. The molecule has 5 unspecified atom stereocenters. The van der Waals surface area contributed by atoms with Gasteiger partial charge >= 0.3 is 0 Å². The second kappa shape index (κ2) is 7.59. The van der Waals surface area contributed by atoms with E-state index < -0.39 is 17.1 Å². The zero-order chi connectivity index (χ0) is 22.9. The molecule has 6 nitrogen and oxygen atoms in total. The summed E-state index contributed by atoms with van der Waals surface area (Å²) >= 11 is 0. The van der Waals surface area contributed by atoms with Gasteiger partial charge in [-0.25, -0.2) is 0 Å². The van der Waals surface area contributed by atoms with Gasteiger partial charge in [0.15, 0.2) is 11.6 Å². The fourth-order valence-corrected chi connectivity index (χ4v) is 8.13. The highest BCUT2D eigenvalue weighted by atomic mass is 16.3. The Morgan fingerprint density at radius 3 is 2.62 bits per heavy atom. The Kier molecular flexibility index (Phi) is 5.32. The highest BCUT2D eigenvalue weighted by Gasteiger charge is 2.68. The van der Waals surface area contributed by atoms with Crippen molar-refractivity contribution in [1.82, 2.24) is 9.80 Å². The predicted octanol–water partition coefficient (Wildman–Crippen LogP) is 1.81. The van der Waals surface area contributed by atoms with Gasteiger partial charge in [-0.3, -0.25) is 14.5 Å². The molecule has 0 aromatic rings. The number of likely N-dealkylation sites (N-methyl/N-ethyl adjacent to an activating group) is 1. The Hall–Kier alpha value is -1.34. The Morgan fingerprint density at radius 2 is 1.91 bits per heavy atom. The monoisotopic (exact) mass is 442 g/mol. The average Bonchev–Trinajstić information content (AvgIpc) is 3.01. The summed E-state index contributed by atoms with van der Waals surface area (Å²) < 4.78 is 0. The molecule has 0 bridgehead atoms. The first-order valence-corrected chi connectivity index (χ1v) is 12.4. The van der Waals surface area contributed by atoms with Gasteiger partial charge < -0.3 is 15.1 Å². The molecule has 1 aliphatic heterocycles. The first kappa shape index (κ1) is 22.5. The zero-order valence-electron chi connectivity index (χ0n) is 19.7. The van der Waals surface area contributed by atoms with Gasteiger partial charge in [-0.05, 0) is 63.1 Å². The van der Waals surface area contributed by atoms with Crippen molar-refractivity contribution < 1.29 is 19.8 Å². The minimum Gasteiger partial charge on any atom is -0.393 e. The van der Waals surface area contributed by atoms with Gasteiger partial charge in [-0.15, -0.1) is 0 Å². The molecule has 4 fully saturated rings. The first-order valence-electron chi connectivity index (χ1n) is 12.4. The van der Waals surface area contributed by atoms with E-state index in [1.165, 1.54) is 0 Å². The number of carbonyl (C=O) groups excluding carboxylic acids is 2. The number of fused-ring (bicyclic) bond motifs is 5. The number of hydrogen-bond donors (Lipinski definition) is 2. The van der Waals surface area contributed by atoms with Crippen LogP contribution in [0.15, 0.2) is 23.8 Å². The summed E-state index contributed by atoms with van der Waals surface area (Å²) in [4.78, 5) is 29.9. The van der Waals surface area contributed by atoms with Crippen LogP contribution in [-0.2, 0) is 9.59 Å². The number of piperazine rings is 1. The minimum absolute atomic E-state index is 0.0278. The summed E-state index contributed by atoms with van der Waals surface area (Å²) in [5.74, 6) is 0.454. The molecule has 0 aromatic heterocycles. The molecule has 7 atom stereocenters. The lowest BCUT2D eigenvalue weighted by Crippen LogP contribution is -2.62. The maximum absolute atomic E-state index is 13.5. The SMILES string of the molecule is CN1CCN(CC(=O)[C@@]2(O)CCC3C4CCC5=CC(=O)C=CC5(C)C4[C@@H](O)CC32C)CC1. The normalized spacial score (nSPS) is 46.9. The van der Waals surface area contributed by atoms with E-state index in [1.54, 1.807) is 12.2 Å². The summed E-state index contributed by atoms with van der Waals surface area (Å²) in [6.45, 7) is 8.10. The number of aliphatic hydroxyl groups excluding tert-OH is 1. The van der Waals surface area contributed by atoms with E-state index in [4.69, 9.17) is 0 Å². The van der Waals surface area contributed by atoms with Crippen LogP contribution in [0.25, 0.3) is 0 Å². The zero-order valence-corrected chi connectivity index (χ0v) is 19.7. The van der Waals surface area contributed by atoms with E-state index in [1.807, 2.05) is 6.08 Å². The Balaban J connectivity index is 1.40. The maximum atomic E-state index is 13.5. The van der Waals surface area contributed by atoms with E-state index in [9.17, 15) is 19.8 Å². The summed E-state index contributed by atoms with van der Waals surface area (Å²) in [6, 6.07) is 0. The van der Waals surface area contributed by atoms with Crippen molar-refractivity contribution in [2.75, 3.05) is 39.8 Å². The van der Waals surface area contributed by atoms with Crippen molar-refractivity contribution >= 4 is 11.6 Å². The van der Waals surface area contributed by atoms with Gasteiger partial charge in [0.1, 0.15) is 5.60 Å². The number of carbonyl (C=O) groups is 2. The number of allylic oxidation sites excluding steroid dienone is 4. The van der Waals surface area contributed by atoms with Gasteiger partial charge in [0.2, 0.25) is 0 Å². The van der Waals surface area contributed by atoms with Crippen LogP contribution in [0.3, 0.4) is 0 Å². The molecule has 0 spiro atoms. The third-order valence-electron chi connectivity index (χ3n) is 10.1. The second-order valence-corrected chi connectivity index (χ2v) is 11.6. The molecule has 2 N–H and O–H groups in total. The number of ketones is 2. The van der Waals surface area contributed by atoms with Crippen LogP contribution >= 0.6 is 0 Å². The van der Waals surface area contributed by atoms with Crippen LogP contribution in [0, 0.1) is 28.6 Å². The van der Waals surface area contributed by atoms with Crippen molar-refractivity contribution in [3.63, 3.8) is 0 Å². The molecule has 5 rings (SSSR count). The van der Waals surface area contributed by atoms with Gasteiger partial charge in [0.05, 0.1) is 12.6 Å². The van der Waals surface area contributed by atoms with Crippen molar-refractivity contribution in [1.29, 1.82) is 0 Å². The number of nitrogens with zero attached hydrogens (tertiary/aromatic N) is 2. The van der Waals surface area contributed by atoms with Crippen LogP contribution < -0.4 is 0 Å². The van der Waals surface area contributed by atoms with Crippen LogP contribution in [0.1, 0.15) is 46.0 Å². The third-order valence-corrected chi connectivity index (χ3v) is 10.1. The number of hydrogen-bond acceptors (Lipinski definition) is 6. The van der Waals surface area contributed by atoms with Gasteiger partial charge in [-0.1, -0.05) is 25.5 Å². The Labute approximate surface area is 191 Å². The molecule has 1 saturated heterocycles. The third kappa shape index (κ3) is 3.13. The molecule has 5 aliphatic rings. The van der Waals surface area contributed by atoms with Gasteiger partial charge in [-0.2, -0.15) is 0 Å². The summed E-state index contributed by atoms with van der Waals surface area (Å²) in [5, 5.41) is 23.3. The van der Waals surface area contributed by atoms with Gasteiger partial charge in [0, 0.05) is 42.9 Å². The first-order chi connectivity index (χ1) is 15.1. The predicted molar refractivity (Wildman–Crippen MR) is 122 cm³/mol. The molecule has 0 aromatic carbocycles. The van der Waals surface area contributed by atoms with Crippen LogP contribution in [0.4, 0.5) is 0 Å². The van der Waals surface area contributed by atoms with Crippen molar-refractivity contribution in [2.24, 2.45) is 28.6 Å². The summed E-state index contributed by atoms with van der Waals surface area (Å²) in [7, 11) is 2.10. The molecule has 3 saturated carbocycles. The largest absolute Gasteiger partial charge is 0.393 e. The van der Waals surface area contributed by atoms with Crippen LogP contribution in [0.5, 0.6) is 0 Å². The standard InChI is InChI=1S/C26H38N2O4/c1-24-8-6-18(29)14-17(24)4-5-19-20-7-9-26(32,25(20,2)15-21(30)23(19)24)22(31)16-28-12-10-27(3)11-13-28/h6,8,14,19-21,23,30,32H,4-5,7,9-13,15-16H2,1-3H3/t19?,20?,21-,23?,24?,25?,26-/m0/s1. The fraction of sp³-hybridized carbons (Fsp3) is 0.769. The fourth-order valence-electron chi connectivity index (χ4n) is 8.13. The van der Waals surface area contributed by atoms with Crippen molar-refractivity contribution in [3.05, 3.63) is 23.8 Å². The molecule has 176 valence electrons. The van der Waals surface area contributed by atoms with E-state index in [2.05, 4.69) is 30.7 Å². The number of Topliss-reactive ketones (excluding diaryl/α,β-unsaturated/α-hetero) is 1. The maximum Gasteiger partial charge on any atom is 0.178 e. The van der Waals surface area contributed by atoms with E-state index >= 15 is 0 Å². The summed E-state index contributed by atoms with van der Waals surface area (Å²) in [6.07, 6.45) is 8.33. The second-order valence-electron chi connectivity index (χ2n) is 11.6. The quantitative estimate of drug-likeness (QED) is 0.694. The molecule has 0 amide bonds. The van der Waals surface area contributed by atoms with Gasteiger partial charge in [0.25, 0.3) is 0 Å². The number of aliphatic hydroxyl groups is 2. The summed E-state index contributed by atoms with van der Waals surface area (Å²) in [5.41, 5.74) is -1.17. The van der Waals surface area contributed by atoms with Crippen LogP contribution in [-0.4, -0.2) is 83.1 Å². The Bertz CT molecular complexity index is 875. The molecule has 0 radical (unpaired) electrons. The molecule has 4 aliphatic carbocycles. The Morgan fingerprint density at radius 1 is 1.19 bits per heavy atom. The van der Waals surface area contributed by atoms with E-state index in [0.717, 1.165) is 51.0 Å². The lowest BCUT2D eigenvalue weighted by molar-refractivity contribution is -0.177. The van der Waals surface area contributed by atoms with E-state index in [0.29, 0.717) is 19.4 Å². The lowest BCUT2D eigenvalue weighted by atomic mass is 9.46. The topological polar surface area (TPSA) is 81.1 Å². The van der Waals surface area contributed by atoms with Crippen molar-refractivity contribution in [3.8, 4) is 0 Å². The van der Waals surface area contributed by atoms with E-state index in [-0.39, 0.29) is 34.7 Å². The molecule has 6 heteroatoms. The molecular weight excluding hydrogens is 404 g/mol. The van der Waals surface area contributed by atoms with Crippen molar-refractivity contribution in [2.45, 2.75) is 57.7 Å². The highest BCUT2D eigenvalue weighted by Crippen LogP contribution is 2.67. The smallest absolute Gasteiger partial charge is 0.178 e. The van der Waals surface area contributed by atoms with Crippen LogP contribution in [0.2, 0.25) is 0 Å². The lowest BCUT2D eigenvalue weighted by Gasteiger charge is -2.59. The minimum atomic E-state index is -1.37.